The van der Waals surface area contributed by atoms with Gasteiger partial charge in [-0.3, -0.25) is 4.79 Å². The fraction of sp³-hybridized carbons (Fsp3) is 0.857. The number of amides is 2. The van der Waals surface area contributed by atoms with Gasteiger partial charge in [-0.15, -0.1) is 0 Å². The fourth-order valence-corrected chi connectivity index (χ4v) is 2.93. The maximum Gasteiger partial charge on any atom is 0.317 e. The second-order valence-corrected chi connectivity index (χ2v) is 5.81. The van der Waals surface area contributed by atoms with Crippen LogP contribution in [0.4, 0.5) is 4.79 Å². The summed E-state index contributed by atoms with van der Waals surface area (Å²) in [4.78, 5) is 25.0. The smallest absolute Gasteiger partial charge is 0.317 e. The van der Waals surface area contributed by atoms with Gasteiger partial charge >= 0.3 is 12.0 Å². The SMILES string of the molecule is CCN(CC1CCCO1)C(=O)NC1(CC(=O)O)CCC1. The quantitative estimate of drug-likeness (QED) is 0.776. The minimum absolute atomic E-state index is 0.0101. The minimum atomic E-state index is -0.854. The average Bonchev–Trinajstić information content (AvgIpc) is 2.85. The summed E-state index contributed by atoms with van der Waals surface area (Å²) in [7, 11) is 0. The van der Waals surface area contributed by atoms with Crippen LogP contribution in [-0.2, 0) is 9.53 Å². The third kappa shape index (κ3) is 3.62. The molecule has 1 aliphatic carbocycles. The Morgan fingerprint density at radius 2 is 2.15 bits per heavy atom. The van der Waals surface area contributed by atoms with E-state index in [1.165, 1.54) is 0 Å². The van der Waals surface area contributed by atoms with Crippen LogP contribution in [0.25, 0.3) is 0 Å². The van der Waals surface area contributed by atoms with E-state index in [-0.39, 0.29) is 18.6 Å². The van der Waals surface area contributed by atoms with Crippen LogP contribution in [0.2, 0.25) is 0 Å². The number of carbonyl (C=O) groups is 2. The molecular weight excluding hydrogens is 260 g/mol. The molecule has 2 aliphatic rings. The van der Waals surface area contributed by atoms with Crippen LogP contribution in [0.15, 0.2) is 0 Å². The summed E-state index contributed by atoms with van der Waals surface area (Å²) in [6.45, 7) is 3.90. The van der Waals surface area contributed by atoms with E-state index in [0.29, 0.717) is 13.1 Å². The summed E-state index contributed by atoms with van der Waals surface area (Å²) in [6.07, 6.45) is 4.65. The number of likely N-dealkylation sites (N-methyl/N-ethyl adjacent to an activating group) is 1. The number of carboxylic acid groups (broad SMARTS) is 1. The van der Waals surface area contributed by atoms with E-state index < -0.39 is 11.5 Å². The molecule has 0 aromatic carbocycles. The zero-order valence-electron chi connectivity index (χ0n) is 12.1. The van der Waals surface area contributed by atoms with Crippen LogP contribution in [-0.4, -0.2) is 53.3 Å². The van der Waals surface area contributed by atoms with Crippen molar-refractivity contribution in [2.75, 3.05) is 19.7 Å². The molecule has 1 heterocycles. The van der Waals surface area contributed by atoms with Gasteiger partial charge in [0.05, 0.1) is 18.1 Å². The summed E-state index contributed by atoms with van der Waals surface area (Å²) in [6, 6.07) is -0.163. The molecule has 6 nitrogen and oxygen atoms in total. The molecule has 1 unspecified atom stereocenters. The number of hydrogen-bond donors (Lipinski definition) is 2. The molecule has 2 N–H and O–H groups in total. The lowest BCUT2D eigenvalue weighted by Crippen LogP contribution is -2.58. The normalized spacial score (nSPS) is 23.9. The van der Waals surface area contributed by atoms with Crippen LogP contribution in [0.1, 0.15) is 45.4 Å². The van der Waals surface area contributed by atoms with E-state index in [0.717, 1.165) is 38.7 Å². The van der Waals surface area contributed by atoms with E-state index >= 15 is 0 Å². The Kier molecular flexibility index (Phi) is 4.86. The van der Waals surface area contributed by atoms with Gasteiger partial charge in [-0.2, -0.15) is 0 Å². The summed E-state index contributed by atoms with van der Waals surface area (Å²) >= 11 is 0. The van der Waals surface area contributed by atoms with Gasteiger partial charge in [0.25, 0.3) is 0 Å². The molecule has 2 fully saturated rings. The molecule has 2 amide bonds. The predicted molar refractivity (Wildman–Crippen MR) is 73.6 cm³/mol. The monoisotopic (exact) mass is 284 g/mol. The lowest BCUT2D eigenvalue weighted by atomic mass is 9.74. The van der Waals surface area contributed by atoms with Crippen molar-refractivity contribution in [3.05, 3.63) is 0 Å². The third-order valence-corrected chi connectivity index (χ3v) is 4.29. The zero-order chi connectivity index (χ0) is 14.6. The highest BCUT2D eigenvalue weighted by Gasteiger charge is 2.41. The van der Waals surface area contributed by atoms with Crippen LogP contribution in [0, 0.1) is 0 Å². The predicted octanol–water partition coefficient (Wildman–Crippen LogP) is 1.59. The highest BCUT2D eigenvalue weighted by Crippen LogP contribution is 2.35. The van der Waals surface area contributed by atoms with E-state index in [1.54, 1.807) is 4.90 Å². The van der Waals surface area contributed by atoms with Crippen molar-refractivity contribution in [1.29, 1.82) is 0 Å². The first-order valence-corrected chi connectivity index (χ1v) is 7.45. The Bertz CT molecular complexity index is 362. The number of carbonyl (C=O) groups excluding carboxylic acids is 1. The highest BCUT2D eigenvalue weighted by molar-refractivity contribution is 5.77. The van der Waals surface area contributed by atoms with Gasteiger partial charge in [0.2, 0.25) is 0 Å². The number of ether oxygens (including phenoxy) is 1. The summed E-state index contributed by atoms with van der Waals surface area (Å²) in [5, 5.41) is 11.9. The highest BCUT2D eigenvalue weighted by atomic mass is 16.5. The van der Waals surface area contributed by atoms with E-state index in [2.05, 4.69) is 5.32 Å². The Hall–Kier alpha value is -1.30. The van der Waals surface area contributed by atoms with Crippen molar-refractivity contribution in [2.24, 2.45) is 0 Å². The van der Waals surface area contributed by atoms with Crippen molar-refractivity contribution in [2.45, 2.75) is 57.1 Å². The molecule has 1 atom stereocenters. The van der Waals surface area contributed by atoms with Crippen molar-refractivity contribution in [3.63, 3.8) is 0 Å². The Balaban J connectivity index is 1.88. The second-order valence-electron chi connectivity index (χ2n) is 5.81. The first-order valence-electron chi connectivity index (χ1n) is 7.45. The molecule has 20 heavy (non-hydrogen) atoms. The summed E-state index contributed by atoms with van der Waals surface area (Å²) in [5.41, 5.74) is -0.535. The van der Waals surface area contributed by atoms with Gasteiger partial charge < -0.3 is 20.1 Å². The topological polar surface area (TPSA) is 78.9 Å². The van der Waals surface area contributed by atoms with Crippen molar-refractivity contribution >= 4 is 12.0 Å². The average molecular weight is 284 g/mol. The number of nitrogens with zero attached hydrogens (tertiary/aromatic N) is 1. The Morgan fingerprint density at radius 1 is 1.40 bits per heavy atom. The molecule has 6 heteroatoms. The third-order valence-electron chi connectivity index (χ3n) is 4.29. The first kappa shape index (κ1) is 15.1. The number of nitrogens with one attached hydrogen (secondary N) is 1. The van der Waals surface area contributed by atoms with Crippen LogP contribution >= 0.6 is 0 Å². The maximum atomic E-state index is 12.3. The van der Waals surface area contributed by atoms with Gasteiger partial charge in [0, 0.05) is 19.7 Å². The van der Waals surface area contributed by atoms with E-state index in [9.17, 15) is 9.59 Å². The molecule has 2 rings (SSSR count). The number of aliphatic carboxylic acids is 1. The molecule has 0 bridgehead atoms. The van der Waals surface area contributed by atoms with Crippen LogP contribution in [0.3, 0.4) is 0 Å². The number of urea groups is 1. The Morgan fingerprint density at radius 3 is 2.60 bits per heavy atom. The molecule has 0 aromatic heterocycles. The van der Waals surface area contributed by atoms with Crippen molar-refractivity contribution in [1.82, 2.24) is 10.2 Å². The lowest BCUT2D eigenvalue weighted by Gasteiger charge is -2.42. The molecule has 1 aliphatic heterocycles. The number of hydrogen-bond acceptors (Lipinski definition) is 3. The lowest BCUT2D eigenvalue weighted by molar-refractivity contribution is -0.139. The molecule has 0 radical (unpaired) electrons. The summed E-state index contributed by atoms with van der Waals surface area (Å²) < 4.78 is 5.55. The molecule has 114 valence electrons. The van der Waals surface area contributed by atoms with Crippen molar-refractivity contribution in [3.8, 4) is 0 Å². The number of rotatable bonds is 6. The van der Waals surface area contributed by atoms with Gasteiger partial charge in [-0.1, -0.05) is 0 Å². The largest absolute Gasteiger partial charge is 0.481 e. The molecular formula is C14H24N2O4. The first-order chi connectivity index (χ1) is 9.54. The van der Waals surface area contributed by atoms with Gasteiger partial charge in [-0.25, -0.2) is 4.79 Å². The standard InChI is InChI=1S/C14H24N2O4/c1-2-16(10-11-5-3-8-20-11)13(19)15-14(6-4-7-14)9-12(17)18/h11H,2-10H2,1H3,(H,15,19)(H,17,18). The molecule has 1 saturated heterocycles. The maximum absolute atomic E-state index is 12.3. The van der Waals surface area contributed by atoms with E-state index in [4.69, 9.17) is 9.84 Å². The van der Waals surface area contributed by atoms with Crippen LogP contribution in [0.5, 0.6) is 0 Å². The molecule has 0 aromatic rings. The van der Waals surface area contributed by atoms with Crippen molar-refractivity contribution < 1.29 is 19.4 Å². The molecule has 1 saturated carbocycles. The zero-order valence-corrected chi connectivity index (χ0v) is 12.1. The van der Waals surface area contributed by atoms with Crippen LogP contribution < -0.4 is 5.32 Å². The molecule has 0 spiro atoms. The second kappa shape index (κ2) is 6.43. The number of carboxylic acids is 1. The van der Waals surface area contributed by atoms with E-state index in [1.807, 2.05) is 6.92 Å². The minimum Gasteiger partial charge on any atom is -0.481 e. The van der Waals surface area contributed by atoms with Gasteiger partial charge in [0.1, 0.15) is 0 Å². The van der Waals surface area contributed by atoms with Gasteiger partial charge in [-0.05, 0) is 39.0 Å². The summed E-state index contributed by atoms with van der Waals surface area (Å²) in [5.74, 6) is -0.854. The Labute approximate surface area is 119 Å². The fourth-order valence-electron chi connectivity index (χ4n) is 2.93. The van der Waals surface area contributed by atoms with Gasteiger partial charge in [0.15, 0.2) is 0 Å².